The molecule has 0 heterocycles. The molecule has 0 fully saturated rings. The van der Waals surface area contributed by atoms with Gasteiger partial charge in [0.2, 0.25) is 5.91 Å². The maximum atomic E-state index is 13.3. The van der Waals surface area contributed by atoms with Crippen molar-refractivity contribution in [3.8, 4) is 0 Å². The first kappa shape index (κ1) is 26.6. The van der Waals surface area contributed by atoms with E-state index in [2.05, 4.69) is 24.5 Å². The van der Waals surface area contributed by atoms with Crippen LogP contribution in [0.1, 0.15) is 46.5 Å². The van der Waals surface area contributed by atoms with Crippen LogP contribution in [0.4, 0.5) is 17.1 Å². The van der Waals surface area contributed by atoms with Crippen molar-refractivity contribution in [3.05, 3.63) is 130 Å². The molecule has 4 aromatic carbocycles. The van der Waals surface area contributed by atoms with E-state index in [4.69, 9.17) is 0 Å². The van der Waals surface area contributed by atoms with Gasteiger partial charge < -0.3 is 10.6 Å². The van der Waals surface area contributed by atoms with Gasteiger partial charge in [0.05, 0.1) is 4.92 Å². The molecule has 0 aliphatic carbocycles. The number of thioether (sulfide) groups is 1. The summed E-state index contributed by atoms with van der Waals surface area (Å²) in [7, 11) is 0. The molecule has 4 aromatic rings. The molecule has 192 valence electrons. The lowest BCUT2D eigenvalue weighted by Crippen LogP contribution is -2.19. The summed E-state index contributed by atoms with van der Waals surface area (Å²) in [4.78, 5) is 37.0. The van der Waals surface area contributed by atoms with E-state index in [1.165, 1.54) is 41.6 Å². The van der Waals surface area contributed by atoms with Gasteiger partial charge in [-0.05, 0) is 65.6 Å². The Hall–Kier alpha value is -4.43. The van der Waals surface area contributed by atoms with Crippen molar-refractivity contribution in [2.24, 2.45) is 0 Å². The smallest absolute Gasteiger partial charge is 0.269 e. The molecule has 2 amide bonds. The molecule has 0 spiro atoms. The monoisotopic (exact) mass is 525 g/mol. The molecule has 4 rings (SSSR count). The van der Waals surface area contributed by atoms with Crippen molar-refractivity contribution in [2.75, 3.05) is 10.6 Å². The zero-order valence-electron chi connectivity index (χ0n) is 21.0. The summed E-state index contributed by atoms with van der Waals surface area (Å²) in [5.74, 6) is -0.0892. The fraction of sp³-hybridized carbons (Fsp3) is 0.133. The van der Waals surface area contributed by atoms with Gasteiger partial charge in [-0.15, -0.1) is 11.8 Å². The zero-order chi connectivity index (χ0) is 27.1. The minimum Gasteiger partial charge on any atom is -0.325 e. The number of nitro benzene ring substituents is 1. The Bertz CT molecular complexity index is 1410. The highest BCUT2D eigenvalue weighted by Gasteiger charge is 2.22. The van der Waals surface area contributed by atoms with Crippen molar-refractivity contribution in [2.45, 2.75) is 29.9 Å². The predicted octanol–water partition coefficient (Wildman–Crippen LogP) is 7.44. The van der Waals surface area contributed by atoms with Crippen molar-refractivity contribution in [1.29, 1.82) is 0 Å². The lowest BCUT2D eigenvalue weighted by atomic mass is 10.0. The van der Waals surface area contributed by atoms with E-state index in [0.717, 1.165) is 16.1 Å². The van der Waals surface area contributed by atoms with E-state index in [9.17, 15) is 19.7 Å². The third kappa shape index (κ3) is 6.86. The number of nitrogens with zero attached hydrogens (tertiary/aromatic N) is 1. The van der Waals surface area contributed by atoms with Crippen LogP contribution in [0, 0.1) is 10.1 Å². The molecule has 0 saturated heterocycles. The number of hydrogen-bond donors (Lipinski definition) is 2. The standard InChI is InChI=1S/C30H27N3O4S/c1-20(2)21-8-12-24(13-9-21)32-30(35)28(22-6-4-3-5-7-22)38-27-18-14-25(15-19-27)31-29(34)23-10-16-26(17-11-23)33(36)37/h3-20,28H,1-2H3,(H,31,34)(H,32,35). The highest BCUT2D eigenvalue weighted by atomic mass is 32.2. The van der Waals surface area contributed by atoms with Crippen LogP contribution >= 0.6 is 11.8 Å². The van der Waals surface area contributed by atoms with Crippen molar-refractivity contribution < 1.29 is 14.5 Å². The minimum absolute atomic E-state index is 0.0764. The van der Waals surface area contributed by atoms with E-state index < -0.39 is 10.2 Å². The van der Waals surface area contributed by atoms with Gasteiger partial charge in [-0.2, -0.15) is 0 Å². The Morgan fingerprint density at radius 2 is 1.32 bits per heavy atom. The zero-order valence-corrected chi connectivity index (χ0v) is 21.8. The number of benzene rings is 4. The largest absolute Gasteiger partial charge is 0.325 e. The van der Waals surface area contributed by atoms with E-state index in [1.54, 1.807) is 12.1 Å². The number of non-ortho nitro benzene ring substituents is 1. The molecule has 7 nitrogen and oxygen atoms in total. The number of nitrogens with one attached hydrogen (secondary N) is 2. The van der Waals surface area contributed by atoms with Crippen molar-refractivity contribution >= 4 is 40.6 Å². The normalized spacial score (nSPS) is 11.6. The fourth-order valence-electron chi connectivity index (χ4n) is 3.75. The maximum absolute atomic E-state index is 13.3. The Kier molecular flexibility index (Phi) is 8.55. The summed E-state index contributed by atoms with van der Waals surface area (Å²) in [6.07, 6.45) is 0. The van der Waals surface area contributed by atoms with Gasteiger partial charge in [-0.25, -0.2) is 0 Å². The van der Waals surface area contributed by atoms with Crippen LogP contribution in [0.5, 0.6) is 0 Å². The van der Waals surface area contributed by atoms with Crippen LogP contribution in [0.25, 0.3) is 0 Å². The Labute approximate surface area is 225 Å². The van der Waals surface area contributed by atoms with E-state index in [0.29, 0.717) is 17.2 Å². The Morgan fingerprint density at radius 1 is 0.737 bits per heavy atom. The topological polar surface area (TPSA) is 101 Å². The van der Waals surface area contributed by atoms with Crippen molar-refractivity contribution in [1.82, 2.24) is 0 Å². The molecular weight excluding hydrogens is 498 g/mol. The number of carbonyl (C=O) groups is 2. The van der Waals surface area contributed by atoms with Crippen LogP contribution in [0.2, 0.25) is 0 Å². The highest BCUT2D eigenvalue weighted by Crippen LogP contribution is 2.37. The van der Waals surface area contributed by atoms with E-state index in [1.807, 2.05) is 66.7 Å². The van der Waals surface area contributed by atoms with Gasteiger partial charge in [0.25, 0.3) is 11.6 Å². The summed E-state index contributed by atoms with van der Waals surface area (Å²) >= 11 is 1.42. The molecule has 0 aliphatic heterocycles. The SMILES string of the molecule is CC(C)c1ccc(NC(=O)C(Sc2ccc(NC(=O)c3ccc([N+](=O)[O-])cc3)cc2)c2ccccc2)cc1. The average molecular weight is 526 g/mol. The number of rotatable bonds is 9. The molecule has 0 aliphatic rings. The summed E-state index contributed by atoms with van der Waals surface area (Å²) in [6, 6.07) is 30.1. The van der Waals surface area contributed by atoms with Gasteiger partial charge >= 0.3 is 0 Å². The number of hydrogen-bond acceptors (Lipinski definition) is 5. The summed E-state index contributed by atoms with van der Waals surface area (Å²) in [5.41, 5.74) is 3.64. The lowest BCUT2D eigenvalue weighted by Gasteiger charge is -2.18. The molecule has 0 radical (unpaired) electrons. The summed E-state index contributed by atoms with van der Waals surface area (Å²) in [5, 5.41) is 16.2. The molecule has 1 unspecified atom stereocenters. The van der Waals surface area contributed by atoms with Crippen LogP contribution in [-0.2, 0) is 4.79 Å². The van der Waals surface area contributed by atoms with E-state index >= 15 is 0 Å². The molecule has 0 aromatic heterocycles. The number of nitro groups is 1. The average Bonchev–Trinajstić information content (AvgIpc) is 2.93. The minimum atomic E-state index is -0.510. The molecule has 0 saturated carbocycles. The summed E-state index contributed by atoms with van der Waals surface area (Å²) in [6.45, 7) is 4.25. The first-order valence-electron chi connectivity index (χ1n) is 12.1. The molecule has 38 heavy (non-hydrogen) atoms. The third-order valence-corrected chi connectivity index (χ3v) is 7.16. The van der Waals surface area contributed by atoms with Gasteiger partial charge in [0, 0.05) is 34.0 Å². The Balaban J connectivity index is 1.45. The second-order valence-electron chi connectivity index (χ2n) is 8.96. The molecular formula is C30H27N3O4S. The molecule has 2 N–H and O–H groups in total. The number of amides is 2. The molecule has 0 bridgehead atoms. The van der Waals surface area contributed by atoms with Crippen LogP contribution < -0.4 is 10.6 Å². The number of anilines is 2. The van der Waals surface area contributed by atoms with Crippen LogP contribution in [0.15, 0.2) is 108 Å². The van der Waals surface area contributed by atoms with Crippen LogP contribution in [-0.4, -0.2) is 16.7 Å². The summed E-state index contributed by atoms with van der Waals surface area (Å²) < 4.78 is 0. The van der Waals surface area contributed by atoms with Gasteiger partial charge in [0.1, 0.15) is 5.25 Å². The number of carbonyl (C=O) groups excluding carboxylic acids is 2. The quantitative estimate of drug-likeness (QED) is 0.134. The molecule has 8 heteroatoms. The predicted molar refractivity (Wildman–Crippen MR) is 152 cm³/mol. The molecule has 1 atom stereocenters. The lowest BCUT2D eigenvalue weighted by molar-refractivity contribution is -0.384. The fourth-order valence-corrected chi connectivity index (χ4v) is 4.78. The highest BCUT2D eigenvalue weighted by molar-refractivity contribution is 8.00. The first-order chi connectivity index (χ1) is 18.3. The third-order valence-electron chi connectivity index (χ3n) is 5.89. The van der Waals surface area contributed by atoms with Gasteiger partial charge in [-0.1, -0.05) is 56.3 Å². The van der Waals surface area contributed by atoms with Crippen LogP contribution in [0.3, 0.4) is 0 Å². The van der Waals surface area contributed by atoms with Gasteiger partial charge in [-0.3, -0.25) is 19.7 Å². The Morgan fingerprint density at radius 3 is 1.89 bits per heavy atom. The van der Waals surface area contributed by atoms with E-state index in [-0.39, 0.29) is 17.5 Å². The van der Waals surface area contributed by atoms with Crippen molar-refractivity contribution in [3.63, 3.8) is 0 Å². The van der Waals surface area contributed by atoms with Gasteiger partial charge in [0.15, 0.2) is 0 Å². The maximum Gasteiger partial charge on any atom is 0.269 e. The first-order valence-corrected chi connectivity index (χ1v) is 13.0. The second kappa shape index (κ2) is 12.2. The second-order valence-corrected chi connectivity index (χ2v) is 10.1.